The minimum absolute atomic E-state index is 0.0240. The van der Waals surface area contributed by atoms with E-state index in [9.17, 15) is 9.59 Å². The molecule has 2 aliphatic rings. The Kier molecular flexibility index (Phi) is 5.90. The monoisotopic (exact) mass is 414 g/mol. The third-order valence-corrected chi connectivity index (χ3v) is 5.59. The molecule has 0 aliphatic carbocycles. The fourth-order valence-corrected chi connectivity index (χ4v) is 3.97. The number of carbonyl (C=O) groups excluding carboxylic acids is 2. The first kappa shape index (κ1) is 19.6. The standard InChI is InChI=1S/C22H23ClN2O4/c23-18-6-2-1-5-17(18)21(26)24-13-15-4-3-9-25(14-15)22(27)16-7-8-19-20(12-16)29-11-10-28-19/h1-2,5-8,12,15H,3-4,9-11,13-14H2,(H,24,26)/t15-/m1/s1. The molecule has 0 aromatic heterocycles. The number of fused-ring (bicyclic) bond motifs is 1. The highest BCUT2D eigenvalue weighted by Crippen LogP contribution is 2.31. The van der Waals surface area contributed by atoms with Crippen LogP contribution in [0.1, 0.15) is 33.6 Å². The molecule has 2 amide bonds. The molecule has 1 saturated heterocycles. The Morgan fingerprint density at radius 2 is 1.90 bits per heavy atom. The zero-order valence-corrected chi connectivity index (χ0v) is 16.8. The maximum atomic E-state index is 13.0. The molecule has 6 nitrogen and oxygen atoms in total. The van der Waals surface area contributed by atoms with E-state index in [2.05, 4.69) is 5.32 Å². The molecule has 1 fully saturated rings. The number of benzene rings is 2. The Labute approximate surface area is 174 Å². The Morgan fingerprint density at radius 1 is 1.10 bits per heavy atom. The molecular weight excluding hydrogens is 392 g/mol. The SMILES string of the molecule is O=C(NC[C@H]1CCCN(C(=O)c2ccc3c(c2)OCCO3)C1)c1ccccc1Cl. The van der Waals surface area contributed by atoms with Gasteiger partial charge in [-0.15, -0.1) is 0 Å². The number of likely N-dealkylation sites (tertiary alicyclic amines) is 1. The van der Waals surface area contributed by atoms with E-state index in [0.29, 0.717) is 60.5 Å². The minimum Gasteiger partial charge on any atom is -0.486 e. The summed E-state index contributed by atoms with van der Waals surface area (Å²) in [6, 6.07) is 12.3. The highest BCUT2D eigenvalue weighted by atomic mass is 35.5. The van der Waals surface area contributed by atoms with Gasteiger partial charge in [0.05, 0.1) is 10.6 Å². The van der Waals surface area contributed by atoms with Gasteiger partial charge in [0.2, 0.25) is 0 Å². The number of halogens is 1. The van der Waals surface area contributed by atoms with Gasteiger partial charge in [0, 0.05) is 25.2 Å². The Balaban J connectivity index is 1.36. The van der Waals surface area contributed by atoms with E-state index in [1.807, 2.05) is 4.90 Å². The van der Waals surface area contributed by atoms with Crippen molar-refractivity contribution in [2.24, 2.45) is 5.92 Å². The first-order valence-electron chi connectivity index (χ1n) is 9.83. The summed E-state index contributed by atoms with van der Waals surface area (Å²) < 4.78 is 11.1. The third kappa shape index (κ3) is 4.48. The van der Waals surface area contributed by atoms with Crippen molar-refractivity contribution in [3.05, 3.63) is 58.6 Å². The van der Waals surface area contributed by atoms with Crippen LogP contribution in [0.4, 0.5) is 0 Å². The molecule has 7 heteroatoms. The van der Waals surface area contributed by atoms with Gasteiger partial charge in [-0.2, -0.15) is 0 Å². The number of ether oxygens (including phenoxy) is 2. The summed E-state index contributed by atoms with van der Waals surface area (Å²) in [7, 11) is 0. The van der Waals surface area contributed by atoms with Crippen LogP contribution >= 0.6 is 11.6 Å². The largest absolute Gasteiger partial charge is 0.486 e. The van der Waals surface area contributed by atoms with Crippen LogP contribution in [0, 0.1) is 5.92 Å². The van der Waals surface area contributed by atoms with E-state index in [4.69, 9.17) is 21.1 Å². The van der Waals surface area contributed by atoms with E-state index in [1.165, 1.54) is 0 Å². The Hall–Kier alpha value is -2.73. The van der Waals surface area contributed by atoms with Crippen LogP contribution in [0.2, 0.25) is 5.02 Å². The lowest BCUT2D eigenvalue weighted by Crippen LogP contribution is -2.43. The summed E-state index contributed by atoms with van der Waals surface area (Å²) in [4.78, 5) is 27.2. The van der Waals surface area contributed by atoms with Crippen molar-refractivity contribution < 1.29 is 19.1 Å². The average Bonchev–Trinajstić information content (AvgIpc) is 2.77. The molecule has 0 radical (unpaired) electrons. The molecule has 152 valence electrons. The summed E-state index contributed by atoms with van der Waals surface area (Å²) in [5, 5.41) is 3.39. The van der Waals surface area contributed by atoms with Crippen molar-refractivity contribution in [2.45, 2.75) is 12.8 Å². The number of piperidine rings is 1. The van der Waals surface area contributed by atoms with Crippen molar-refractivity contribution in [1.29, 1.82) is 0 Å². The summed E-state index contributed by atoms with van der Waals surface area (Å²) >= 11 is 6.09. The van der Waals surface area contributed by atoms with Crippen molar-refractivity contribution >= 4 is 23.4 Å². The van der Waals surface area contributed by atoms with Gasteiger partial charge in [-0.1, -0.05) is 23.7 Å². The van der Waals surface area contributed by atoms with Gasteiger partial charge in [0.25, 0.3) is 11.8 Å². The lowest BCUT2D eigenvalue weighted by Gasteiger charge is -2.33. The third-order valence-electron chi connectivity index (χ3n) is 5.27. The summed E-state index contributed by atoms with van der Waals surface area (Å²) in [6.07, 6.45) is 1.87. The predicted octanol–water partition coefficient (Wildman–Crippen LogP) is 3.39. The normalized spacial score (nSPS) is 18.2. The van der Waals surface area contributed by atoms with Crippen molar-refractivity contribution in [1.82, 2.24) is 10.2 Å². The van der Waals surface area contributed by atoms with Crippen molar-refractivity contribution in [2.75, 3.05) is 32.8 Å². The molecule has 2 aromatic carbocycles. The number of rotatable bonds is 4. The van der Waals surface area contributed by atoms with Crippen molar-refractivity contribution in [3.63, 3.8) is 0 Å². The summed E-state index contributed by atoms with van der Waals surface area (Å²) in [5.41, 5.74) is 1.06. The smallest absolute Gasteiger partial charge is 0.254 e. The van der Waals surface area contributed by atoms with Gasteiger partial charge in [0.1, 0.15) is 13.2 Å². The van der Waals surface area contributed by atoms with Crippen LogP contribution in [0.25, 0.3) is 0 Å². The van der Waals surface area contributed by atoms with E-state index >= 15 is 0 Å². The van der Waals surface area contributed by atoms with Crippen molar-refractivity contribution in [3.8, 4) is 11.5 Å². The number of nitrogens with zero attached hydrogens (tertiary/aromatic N) is 1. The van der Waals surface area contributed by atoms with Crippen LogP contribution in [-0.2, 0) is 0 Å². The molecule has 2 aliphatic heterocycles. The quantitative estimate of drug-likeness (QED) is 0.832. The molecule has 4 rings (SSSR count). The molecule has 0 spiro atoms. The van der Waals surface area contributed by atoms with Crippen LogP contribution in [0.15, 0.2) is 42.5 Å². The maximum Gasteiger partial charge on any atom is 0.254 e. The average molecular weight is 415 g/mol. The predicted molar refractivity (Wildman–Crippen MR) is 110 cm³/mol. The number of hydrogen-bond donors (Lipinski definition) is 1. The van der Waals surface area contributed by atoms with Gasteiger partial charge >= 0.3 is 0 Å². The lowest BCUT2D eigenvalue weighted by molar-refractivity contribution is 0.0670. The van der Waals surface area contributed by atoms with Gasteiger partial charge < -0.3 is 19.7 Å². The first-order chi connectivity index (χ1) is 14.1. The first-order valence-corrected chi connectivity index (χ1v) is 10.2. The number of nitrogens with one attached hydrogen (secondary N) is 1. The van der Waals surface area contributed by atoms with Crippen LogP contribution in [-0.4, -0.2) is 49.6 Å². The van der Waals surface area contributed by atoms with Crippen LogP contribution in [0.5, 0.6) is 11.5 Å². The Bertz CT molecular complexity index is 917. The molecule has 1 N–H and O–H groups in total. The highest BCUT2D eigenvalue weighted by Gasteiger charge is 2.26. The fourth-order valence-electron chi connectivity index (χ4n) is 3.75. The molecule has 2 heterocycles. The second-order valence-corrected chi connectivity index (χ2v) is 7.71. The number of amides is 2. The molecule has 1 atom stereocenters. The van der Waals surface area contributed by atoms with E-state index in [0.717, 1.165) is 12.8 Å². The van der Waals surface area contributed by atoms with E-state index < -0.39 is 0 Å². The highest BCUT2D eigenvalue weighted by molar-refractivity contribution is 6.33. The maximum absolute atomic E-state index is 13.0. The van der Waals surface area contributed by atoms with Gasteiger partial charge in [0.15, 0.2) is 11.5 Å². The van der Waals surface area contributed by atoms with Gasteiger partial charge in [-0.3, -0.25) is 9.59 Å². The molecule has 0 saturated carbocycles. The fraction of sp³-hybridized carbons (Fsp3) is 0.364. The molecule has 2 aromatic rings. The van der Waals surface area contributed by atoms with Crippen LogP contribution in [0.3, 0.4) is 0 Å². The minimum atomic E-state index is -0.189. The van der Waals surface area contributed by atoms with Gasteiger partial charge in [-0.25, -0.2) is 0 Å². The van der Waals surface area contributed by atoms with E-state index in [-0.39, 0.29) is 17.7 Å². The zero-order chi connectivity index (χ0) is 20.2. The second-order valence-electron chi connectivity index (χ2n) is 7.31. The van der Waals surface area contributed by atoms with Gasteiger partial charge in [-0.05, 0) is 49.1 Å². The molecular formula is C22H23ClN2O4. The van der Waals surface area contributed by atoms with E-state index in [1.54, 1.807) is 42.5 Å². The van der Waals surface area contributed by atoms with Crippen LogP contribution < -0.4 is 14.8 Å². The molecule has 29 heavy (non-hydrogen) atoms. The summed E-state index contributed by atoms with van der Waals surface area (Å²) in [5.74, 6) is 1.28. The Morgan fingerprint density at radius 3 is 2.72 bits per heavy atom. The molecule has 0 unspecified atom stereocenters. The lowest BCUT2D eigenvalue weighted by atomic mass is 9.97. The zero-order valence-electron chi connectivity index (χ0n) is 16.0. The number of carbonyl (C=O) groups is 2. The topological polar surface area (TPSA) is 67.9 Å². The second kappa shape index (κ2) is 8.74. The molecule has 0 bridgehead atoms. The number of hydrogen-bond acceptors (Lipinski definition) is 4. The summed E-state index contributed by atoms with van der Waals surface area (Å²) in [6.45, 7) is 2.84.